The number of carbonyl (C=O) groups excluding carboxylic acids is 1. The predicted molar refractivity (Wildman–Crippen MR) is 100 cm³/mol. The summed E-state index contributed by atoms with van der Waals surface area (Å²) in [5.41, 5.74) is 0. The molecule has 3 aliphatic rings. The van der Waals surface area contributed by atoms with Crippen molar-refractivity contribution in [1.29, 1.82) is 0 Å². The van der Waals surface area contributed by atoms with Crippen molar-refractivity contribution in [3.05, 3.63) is 0 Å². The number of likely N-dealkylation sites (N-methyl/N-ethyl adjacent to an activating group) is 1. The maximum atomic E-state index is 11.7. The third-order valence-electron chi connectivity index (χ3n) is 5.93. The topological polar surface area (TPSA) is 38.8 Å². The van der Waals surface area contributed by atoms with Crippen LogP contribution in [0.5, 0.6) is 0 Å². The van der Waals surface area contributed by atoms with E-state index in [-0.39, 0.29) is 5.91 Å². The van der Waals surface area contributed by atoms with E-state index in [9.17, 15) is 4.79 Å². The first kappa shape index (κ1) is 19.7. The zero-order valence-corrected chi connectivity index (χ0v) is 16.3. The smallest absolute Gasteiger partial charge is 0.219 e. The Bertz CT molecular complexity index is 382. The van der Waals surface area contributed by atoms with Crippen molar-refractivity contribution < 1.29 is 4.79 Å². The number of hydrogen-bond acceptors (Lipinski definition) is 4. The van der Waals surface area contributed by atoms with E-state index in [1.165, 1.54) is 65.2 Å². The van der Waals surface area contributed by atoms with Crippen LogP contribution in [0.1, 0.15) is 40.0 Å². The Kier molecular flexibility index (Phi) is 7.98. The first-order chi connectivity index (χ1) is 11.7. The molecule has 3 atom stereocenters. The van der Waals surface area contributed by atoms with Crippen molar-refractivity contribution in [2.45, 2.75) is 46.1 Å². The van der Waals surface area contributed by atoms with Crippen molar-refractivity contribution in [1.82, 2.24) is 20.0 Å². The molecule has 0 radical (unpaired) electrons. The minimum absolute atomic E-state index is 0.224. The van der Waals surface area contributed by atoms with E-state index in [0.717, 1.165) is 5.92 Å². The van der Waals surface area contributed by atoms with Gasteiger partial charge in [0.05, 0.1) is 0 Å². The normalized spacial score (nSPS) is 31.4. The minimum Gasteiger partial charge on any atom is -0.353 e. The highest BCUT2D eigenvalue weighted by Crippen LogP contribution is 2.38. The second-order valence-corrected chi connectivity index (χ2v) is 7.43. The van der Waals surface area contributed by atoms with Crippen LogP contribution in [0.4, 0.5) is 0 Å². The average Bonchev–Trinajstić information content (AvgIpc) is 3.17. The van der Waals surface area contributed by atoms with Crippen LogP contribution >= 0.6 is 0 Å². The predicted octanol–water partition coefficient (Wildman–Crippen LogP) is 1.50. The molecule has 1 amide bonds. The number of fused-ring (bicyclic) bond motifs is 1. The molecule has 2 heterocycles. The third kappa shape index (κ3) is 5.17. The van der Waals surface area contributed by atoms with Gasteiger partial charge in [0.25, 0.3) is 0 Å². The van der Waals surface area contributed by atoms with Gasteiger partial charge in [-0.15, -0.1) is 0 Å². The second-order valence-electron chi connectivity index (χ2n) is 7.43. The summed E-state index contributed by atoms with van der Waals surface area (Å²) in [6, 6.07) is 0.436. The molecule has 1 N–H and O–H groups in total. The van der Waals surface area contributed by atoms with E-state index in [2.05, 4.69) is 27.1 Å². The Hall–Kier alpha value is -0.650. The molecule has 2 saturated heterocycles. The lowest BCUT2D eigenvalue weighted by Gasteiger charge is -2.33. The van der Waals surface area contributed by atoms with Crippen LogP contribution in [0.25, 0.3) is 0 Å². The summed E-state index contributed by atoms with van der Waals surface area (Å²) in [6.07, 6.45) is 3.10. The van der Waals surface area contributed by atoms with Gasteiger partial charge in [-0.25, -0.2) is 0 Å². The fourth-order valence-corrected chi connectivity index (χ4v) is 4.38. The summed E-state index contributed by atoms with van der Waals surface area (Å²) >= 11 is 0. The number of nitrogens with zero attached hydrogens (tertiary/aromatic N) is 3. The van der Waals surface area contributed by atoms with Crippen LogP contribution in [-0.4, -0.2) is 86.1 Å². The summed E-state index contributed by atoms with van der Waals surface area (Å²) in [6.45, 7) is 15.6. The largest absolute Gasteiger partial charge is 0.353 e. The molecule has 1 aliphatic carbocycles. The van der Waals surface area contributed by atoms with Gasteiger partial charge < -0.3 is 15.1 Å². The van der Waals surface area contributed by atoms with E-state index in [0.29, 0.717) is 18.4 Å². The molecular formula is C19H38N4O. The molecule has 1 saturated carbocycles. The van der Waals surface area contributed by atoms with Crippen LogP contribution in [0.2, 0.25) is 0 Å². The number of hydrogen-bond donors (Lipinski definition) is 1. The van der Waals surface area contributed by atoms with E-state index in [1.807, 2.05) is 20.8 Å². The lowest BCUT2D eigenvalue weighted by molar-refractivity contribution is -0.121. The summed E-state index contributed by atoms with van der Waals surface area (Å²) < 4.78 is 0. The molecule has 5 nitrogen and oxygen atoms in total. The van der Waals surface area contributed by atoms with Crippen LogP contribution in [0.15, 0.2) is 0 Å². The van der Waals surface area contributed by atoms with Crippen molar-refractivity contribution in [3.8, 4) is 0 Å². The Labute approximate surface area is 148 Å². The van der Waals surface area contributed by atoms with Gasteiger partial charge in [0, 0.05) is 64.8 Å². The van der Waals surface area contributed by atoms with Gasteiger partial charge in [-0.2, -0.15) is 0 Å². The van der Waals surface area contributed by atoms with Gasteiger partial charge in [0.1, 0.15) is 0 Å². The molecule has 3 rings (SSSR count). The molecule has 0 aromatic carbocycles. The molecule has 2 aliphatic heterocycles. The van der Waals surface area contributed by atoms with Gasteiger partial charge in [-0.3, -0.25) is 9.69 Å². The lowest BCUT2D eigenvalue weighted by Crippen LogP contribution is -2.47. The Morgan fingerprint density at radius 1 is 1.00 bits per heavy atom. The minimum atomic E-state index is 0.224. The van der Waals surface area contributed by atoms with Crippen LogP contribution < -0.4 is 5.32 Å². The number of carbonyl (C=O) groups is 1. The zero-order chi connectivity index (χ0) is 17.5. The summed E-state index contributed by atoms with van der Waals surface area (Å²) in [4.78, 5) is 19.3. The first-order valence-corrected chi connectivity index (χ1v) is 10.1. The highest BCUT2D eigenvalue weighted by atomic mass is 16.1. The molecule has 0 spiro atoms. The lowest BCUT2D eigenvalue weighted by atomic mass is 9.98. The maximum absolute atomic E-state index is 11.7. The Morgan fingerprint density at radius 3 is 2.33 bits per heavy atom. The molecule has 3 fully saturated rings. The van der Waals surface area contributed by atoms with Crippen molar-refractivity contribution >= 4 is 5.91 Å². The monoisotopic (exact) mass is 338 g/mol. The Morgan fingerprint density at radius 2 is 1.67 bits per heavy atom. The van der Waals surface area contributed by atoms with Crippen molar-refractivity contribution in [3.63, 3.8) is 0 Å². The maximum Gasteiger partial charge on any atom is 0.219 e. The molecule has 3 unspecified atom stereocenters. The summed E-state index contributed by atoms with van der Waals surface area (Å²) in [5.74, 6) is 1.74. The van der Waals surface area contributed by atoms with Crippen LogP contribution in [0.3, 0.4) is 0 Å². The van der Waals surface area contributed by atoms with Gasteiger partial charge in [-0.05, 0) is 31.7 Å². The van der Waals surface area contributed by atoms with E-state index in [1.54, 1.807) is 0 Å². The van der Waals surface area contributed by atoms with Crippen molar-refractivity contribution in [2.75, 3.05) is 59.4 Å². The number of nitrogens with one attached hydrogen (secondary N) is 1. The SMILES string of the molecule is CC.CCC(=O)NC1CCC2CN(CCN3CCN(C)CC3)CC21. The summed E-state index contributed by atoms with van der Waals surface area (Å²) in [7, 11) is 2.21. The second kappa shape index (κ2) is 9.73. The Balaban J connectivity index is 0.00000100. The quantitative estimate of drug-likeness (QED) is 0.824. The first-order valence-electron chi connectivity index (χ1n) is 10.1. The molecule has 24 heavy (non-hydrogen) atoms. The average molecular weight is 339 g/mol. The van der Waals surface area contributed by atoms with E-state index >= 15 is 0 Å². The number of likely N-dealkylation sites (tertiary alicyclic amines) is 1. The van der Waals surface area contributed by atoms with Crippen LogP contribution in [-0.2, 0) is 4.79 Å². The van der Waals surface area contributed by atoms with Crippen LogP contribution in [0, 0.1) is 11.8 Å². The van der Waals surface area contributed by atoms with Gasteiger partial charge in [0.15, 0.2) is 0 Å². The molecule has 0 bridgehead atoms. The fraction of sp³-hybridized carbons (Fsp3) is 0.947. The third-order valence-corrected chi connectivity index (χ3v) is 5.93. The van der Waals surface area contributed by atoms with Gasteiger partial charge in [0.2, 0.25) is 5.91 Å². The molecule has 0 aromatic rings. The number of amides is 1. The number of rotatable bonds is 5. The molecule has 0 aromatic heterocycles. The highest BCUT2D eigenvalue weighted by Gasteiger charge is 2.42. The van der Waals surface area contributed by atoms with E-state index in [4.69, 9.17) is 0 Å². The van der Waals surface area contributed by atoms with E-state index < -0.39 is 0 Å². The number of piperazine rings is 1. The zero-order valence-electron chi connectivity index (χ0n) is 16.3. The van der Waals surface area contributed by atoms with Crippen molar-refractivity contribution in [2.24, 2.45) is 11.8 Å². The van der Waals surface area contributed by atoms with Gasteiger partial charge in [-0.1, -0.05) is 20.8 Å². The molecular weight excluding hydrogens is 300 g/mol. The fourth-order valence-electron chi connectivity index (χ4n) is 4.38. The van der Waals surface area contributed by atoms with Gasteiger partial charge >= 0.3 is 0 Å². The highest BCUT2D eigenvalue weighted by molar-refractivity contribution is 5.75. The standard InChI is InChI=1S/C17H32N4O.C2H6/c1-3-17(22)18-16-5-4-14-12-21(13-15(14)16)11-10-20-8-6-19(2)7-9-20;1-2/h14-16H,3-13H2,1-2H3,(H,18,22);1-2H3. The molecule has 5 heteroatoms. The summed E-state index contributed by atoms with van der Waals surface area (Å²) in [5, 5.41) is 3.25. The molecule has 140 valence electrons.